The number of halogens is 1. The second-order valence-electron chi connectivity index (χ2n) is 5.23. The van der Waals surface area contributed by atoms with Crippen molar-refractivity contribution >= 4 is 27.9 Å². The van der Waals surface area contributed by atoms with Crippen molar-refractivity contribution in [3.8, 4) is 0 Å². The van der Waals surface area contributed by atoms with Crippen LogP contribution in [0.25, 0.3) is 0 Å². The fourth-order valence-corrected chi connectivity index (χ4v) is 3.11. The lowest BCUT2D eigenvalue weighted by molar-refractivity contribution is 0.112. The molecule has 0 aliphatic carbocycles. The minimum absolute atomic E-state index is 0.549. The minimum atomic E-state index is 0.549. The molecule has 18 heavy (non-hydrogen) atoms. The molecule has 3 nitrogen and oxygen atoms in total. The maximum atomic E-state index is 11.2. The monoisotopic (exact) mass is 310 g/mol. The Morgan fingerprint density at radius 3 is 2.67 bits per heavy atom. The average molecular weight is 311 g/mol. The molecule has 4 heteroatoms. The SMILES string of the molecule is CC1CN(c2ccc(Br)cc2C=O)CC1N(C)C. The smallest absolute Gasteiger partial charge is 0.152 e. The van der Waals surface area contributed by atoms with E-state index in [0.717, 1.165) is 35.1 Å². The van der Waals surface area contributed by atoms with Crippen LogP contribution in [0.1, 0.15) is 17.3 Å². The molecule has 0 spiro atoms. The van der Waals surface area contributed by atoms with E-state index in [0.29, 0.717) is 12.0 Å². The minimum Gasteiger partial charge on any atom is -0.369 e. The first-order chi connectivity index (χ1) is 8.52. The van der Waals surface area contributed by atoms with Crippen LogP contribution >= 0.6 is 15.9 Å². The Kier molecular flexibility index (Phi) is 4.07. The number of anilines is 1. The van der Waals surface area contributed by atoms with Gasteiger partial charge in [0.2, 0.25) is 0 Å². The Morgan fingerprint density at radius 1 is 1.39 bits per heavy atom. The Bertz CT molecular complexity index is 447. The van der Waals surface area contributed by atoms with Crippen molar-refractivity contribution < 1.29 is 4.79 Å². The maximum Gasteiger partial charge on any atom is 0.152 e. The summed E-state index contributed by atoms with van der Waals surface area (Å²) in [7, 11) is 4.24. The molecule has 0 N–H and O–H groups in total. The van der Waals surface area contributed by atoms with Crippen LogP contribution in [0.4, 0.5) is 5.69 Å². The van der Waals surface area contributed by atoms with E-state index in [1.807, 2.05) is 18.2 Å². The lowest BCUT2D eigenvalue weighted by Gasteiger charge is -2.23. The van der Waals surface area contributed by atoms with E-state index < -0.39 is 0 Å². The summed E-state index contributed by atoms with van der Waals surface area (Å²) < 4.78 is 0.949. The molecule has 1 aliphatic rings. The first kappa shape index (κ1) is 13.6. The predicted octanol–water partition coefficient (Wildman–Crippen LogP) is 2.65. The number of carbonyl (C=O) groups is 1. The molecule has 0 bridgehead atoms. The van der Waals surface area contributed by atoms with Crippen LogP contribution < -0.4 is 4.90 Å². The number of nitrogens with zero attached hydrogens (tertiary/aromatic N) is 2. The zero-order valence-corrected chi connectivity index (χ0v) is 12.6. The van der Waals surface area contributed by atoms with Gasteiger partial charge >= 0.3 is 0 Å². The Hall–Kier alpha value is -0.870. The van der Waals surface area contributed by atoms with Crippen LogP contribution in [0.5, 0.6) is 0 Å². The highest BCUT2D eigenvalue weighted by Crippen LogP contribution is 2.29. The molecule has 0 radical (unpaired) electrons. The lowest BCUT2D eigenvalue weighted by atomic mass is 10.1. The third-order valence-electron chi connectivity index (χ3n) is 3.69. The van der Waals surface area contributed by atoms with Gasteiger partial charge in [0.25, 0.3) is 0 Å². The van der Waals surface area contributed by atoms with E-state index in [9.17, 15) is 4.79 Å². The first-order valence-electron chi connectivity index (χ1n) is 6.19. The van der Waals surface area contributed by atoms with Crippen LogP contribution in [0.3, 0.4) is 0 Å². The Balaban J connectivity index is 2.26. The van der Waals surface area contributed by atoms with E-state index in [1.165, 1.54) is 0 Å². The molecule has 1 aliphatic heterocycles. The number of carbonyl (C=O) groups excluding carboxylic acids is 1. The molecule has 0 amide bonds. The zero-order chi connectivity index (χ0) is 13.3. The average Bonchev–Trinajstić information content (AvgIpc) is 2.71. The molecule has 98 valence electrons. The van der Waals surface area contributed by atoms with Gasteiger partial charge < -0.3 is 9.80 Å². The third kappa shape index (κ3) is 2.59. The van der Waals surface area contributed by atoms with E-state index in [2.05, 4.69) is 46.7 Å². The highest BCUT2D eigenvalue weighted by atomic mass is 79.9. The second-order valence-corrected chi connectivity index (χ2v) is 6.15. The Morgan fingerprint density at radius 2 is 2.11 bits per heavy atom. The van der Waals surface area contributed by atoms with Gasteiger partial charge in [-0.15, -0.1) is 0 Å². The largest absolute Gasteiger partial charge is 0.369 e. The number of benzene rings is 1. The fourth-order valence-electron chi connectivity index (χ4n) is 2.73. The second kappa shape index (κ2) is 5.41. The first-order valence-corrected chi connectivity index (χ1v) is 6.98. The van der Waals surface area contributed by atoms with Crippen molar-refractivity contribution in [2.24, 2.45) is 5.92 Å². The van der Waals surface area contributed by atoms with Gasteiger partial charge in [-0.05, 0) is 38.2 Å². The van der Waals surface area contributed by atoms with Gasteiger partial charge in [-0.25, -0.2) is 0 Å². The van der Waals surface area contributed by atoms with Crippen LogP contribution in [0.15, 0.2) is 22.7 Å². The lowest BCUT2D eigenvalue weighted by Crippen LogP contribution is -2.34. The zero-order valence-electron chi connectivity index (χ0n) is 11.1. The number of hydrogen-bond donors (Lipinski definition) is 0. The molecule has 2 unspecified atom stereocenters. The van der Waals surface area contributed by atoms with Crippen LogP contribution in [-0.2, 0) is 0 Å². The summed E-state index contributed by atoms with van der Waals surface area (Å²) in [6.45, 7) is 4.26. The van der Waals surface area contributed by atoms with Crippen LogP contribution in [0, 0.1) is 5.92 Å². The number of rotatable bonds is 3. The maximum absolute atomic E-state index is 11.2. The molecule has 2 atom stereocenters. The van der Waals surface area contributed by atoms with Gasteiger partial charge in [-0.3, -0.25) is 4.79 Å². The number of hydrogen-bond acceptors (Lipinski definition) is 3. The summed E-state index contributed by atoms with van der Waals surface area (Å²) in [5.74, 6) is 0.614. The summed E-state index contributed by atoms with van der Waals surface area (Å²) >= 11 is 3.41. The van der Waals surface area contributed by atoms with Crippen LogP contribution in [-0.4, -0.2) is 44.4 Å². The van der Waals surface area contributed by atoms with Crippen molar-refractivity contribution in [3.63, 3.8) is 0 Å². The highest BCUT2D eigenvalue weighted by Gasteiger charge is 2.31. The third-order valence-corrected chi connectivity index (χ3v) is 4.19. The number of likely N-dealkylation sites (N-methyl/N-ethyl adjacent to an activating group) is 1. The van der Waals surface area contributed by atoms with Gasteiger partial charge in [-0.2, -0.15) is 0 Å². The van der Waals surface area contributed by atoms with Gasteiger partial charge in [0.1, 0.15) is 0 Å². The van der Waals surface area contributed by atoms with Gasteiger partial charge in [0.15, 0.2) is 6.29 Å². The summed E-state index contributed by atoms with van der Waals surface area (Å²) in [6.07, 6.45) is 0.938. The fraction of sp³-hybridized carbons (Fsp3) is 0.500. The molecular formula is C14H19BrN2O. The van der Waals surface area contributed by atoms with Crippen molar-refractivity contribution in [2.75, 3.05) is 32.1 Å². The van der Waals surface area contributed by atoms with E-state index in [4.69, 9.17) is 0 Å². The van der Waals surface area contributed by atoms with E-state index in [1.54, 1.807) is 0 Å². The molecule has 1 saturated heterocycles. The van der Waals surface area contributed by atoms with Gasteiger partial charge in [0, 0.05) is 34.9 Å². The molecule has 1 fully saturated rings. The molecule has 2 rings (SSSR count). The van der Waals surface area contributed by atoms with Crippen molar-refractivity contribution in [3.05, 3.63) is 28.2 Å². The van der Waals surface area contributed by atoms with E-state index >= 15 is 0 Å². The summed E-state index contributed by atoms with van der Waals surface area (Å²) in [5.41, 5.74) is 1.81. The predicted molar refractivity (Wildman–Crippen MR) is 78.4 cm³/mol. The summed E-state index contributed by atoms with van der Waals surface area (Å²) in [6, 6.07) is 6.46. The normalized spacial score (nSPS) is 23.7. The molecule has 1 heterocycles. The van der Waals surface area contributed by atoms with Crippen molar-refractivity contribution in [2.45, 2.75) is 13.0 Å². The molecular weight excluding hydrogens is 292 g/mol. The Labute approximate surface area is 117 Å². The summed E-state index contributed by atoms with van der Waals surface area (Å²) in [5, 5.41) is 0. The van der Waals surface area contributed by atoms with Crippen molar-refractivity contribution in [1.29, 1.82) is 0 Å². The highest BCUT2D eigenvalue weighted by molar-refractivity contribution is 9.10. The topological polar surface area (TPSA) is 23.6 Å². The molecule has 0 aromatic heterocycles. The van der Waals surface area contributed by atoms with Gasteiger partial charge in [0.05, 0.1) is 0 Å². The van der Waals surface area contributed by atoms with Crippen LogP contribution in [0.2, 0.25) is 0 Å². The summed E-state index contributed by atoms with van der Waals surface area (Å²) in [4.78, 5) is 15.8. The molecule has 1 aromatic carbocycles. The van der Waals surface area contributed by atoms with Gasteiger partial charge in [-0.1, -0.05) is 22.9 Å². The quantitative estimate of drug-likeness (QED) is 0.802. The number of aldehydes is 1. The van der Waals surface area contributed by atoms with E-state index in [-0.39, 0.29) is 0 Å². The molecule has 0 saturated carbocycles. The standard InChI is InChI=1S/C14H19BrN2O/c1-10-7-17(8-14(10)16(2)3)13-5-4-12(15)6-11(13)9-18/h4-6,9-10,14H,7-8H2,1-3H3. The van der Waals surface area contributed by atoms with Crippen molar-refractivity contribution in [1.82, 2.24) is 4.90 Å². The molecule has 1 aromatic rings.